The zero-order valence-electron chi connectivity index (χ0n) is 14.5. The molecule has 7 heteroatoms. The number of benzene rings is 2. The second-order valence-corrected chi connectivity index (χ2v) is 7.40. The predicted octanol–water partition coefficient (Wildman–Crippen LogP) is 2.33. The SMILES string of the molecule is O=C1NC(=O)C2(Cc3cc([N+](=O)[O-])ccc3N3CCC[C@@H]32)c2ccccc21. The number of hydrogen-bond donors (Lipinski definition) is 1. The van der Waals surface area contributed by atoms with E-state index in [4.69, 9.17) is 0 Å². The van der Waals surface area contributed by atoms with E-state index in [1.54, 1.807) is 24.3 Å². The molecule has 0 aliphatic carbocycles. The predicted molar refractivity (Wildman–Crippen MR) is 97.8 cm³/mol. The van der Waals surface area contributed by atoms with Gasteiger partial charge in [-0.3, -0.25) is 25.0 Å². The molecule has 0 bridgehead atoms. The lowest BCUT2D eigenvalue weighted by Gasteiger charge is -2.49. The first kappa shape index (κ1) is 16.0. The molecule has 0 aromatic heterocycles. The lowest BCUT2D eigenvalue weighted by molar-refractivity contribution is -0.384. The monoisotopic (exact) mass is 363 g/mol. The highest BCUT2D eigenvalue weighted by atomic mass is 16.6. The van der Waals surface area contributed by atoms with E-state index in [0.29, 0.717) is 12.0 Å². The first-order chi connectivity index (χ1) is 13.0. The number of carbonyl (C=O) groups excluding carboxylic acids is 2. The zero-order chi connectivity index (χ0) is 18.8. The van der Waals surface area contributed by atoms with Crippen molar-refractivity contribution in [3.8, 4) is 0 Å². The average molecular weight is 363 g/mol. The molecule has 1 spiro atoms. The molecule has 3 aliphatic heterocycles. The summed E-state index contributed by atoms with van der Waals surface area (Å²) in [5.74, 6) is -0.684. The van der Waals surface area contributed by atoms with E-state index in [2.05, 4.69) is 10.2 Å². The Balaban J connectivity index is 1.77. The van der Waals surface area contributed by atoms with Crippen LogP contribution in [0.1, 0.15) is 34.3 Å². The number of carbonyl (C=O) groups is 2. The molecule has 5 rings (SSSR count). The molecule has 27 heavy (non-hydrogen) atoms. The van der Waals surface area contributed by atoms with E-state index in [-0.39, 0.29) is 23.5 Å². The Kier molecular flexibility index (Phi) is 3.19. The van der Waals surface area contributed by atoms with Crippen LogP contribution in [0.5, 0.6) is 0 Å². The van der Waals surface area contributed by atoms with Crippen molar-refractivity contribution in [3.63, 3.8) is 0 Å². The van der Waals surface area contributed by atoms with Crippen molar-refractivity contribution in [1.82, 2.24) is 5.32 Å². The van der Waals surface area contributed by atoms with E-state index in [0.717, 1.165) is 36.2 Å². The van der Waals surface area contributed by atoms with E-state index >= 15 is 0 Å². The smallest absolute Gasteiger partial charge is 0.269 e. The van der Waals surface area contributed by atoms with Gasteiger partial charge in [0.25, 0.3) is 11.6 Å². The fourth-order valence-corrected chi connectivity index (χ4v) is 5.07. The first-order valence-electron chi connectivity index (χ1n) is 9.01. The molecule has 0 saturated carbocycles. The fraction of sp³-hybridized carbons (Fsp3) is 0.300. The molecule has 7 nitrogen and oxygen atoms in total. The average Bonchev–Trinajstić information content (AvgIpc) is 3.16. The Morgan fingerprint density at radius 2 is 2.00 bits per heavy atom. The van der Waals surface area contributed by atoms with Crippen molar-refractivity contribution >= 4 is 23.2 Å². The van der Waals surface area contributed by atoms with Gasteiger partial charge >= 0.3 is 0 Å². The first-order valence-corrected chi connectivity index (χ1v) is 9.01. The minimum atomic E-state index is -0.913. The molecule has 2 aromatic rings. The van der Waals surface area contributed by atoms with Gasteiger partial charge in [0.2, 0.25) is 5.91 Å². The molecule has 1 unspecified atom stereocenters. The van der Waals surface area contributed by atoms with Crippen molar-refractivity contribution < 1.29 is 14.5 Å². The molecule has 3 aliphatic rings. The lowest BCUT2D eigenvalue weighted by Crippen LogP contribution is -2.64. The summed E-state index contributed by atoms with van der Waals surface area (Å²) in [7, 11) is 0. The summed E-state index contributed by atoms with van der Waals surface area (Å²) in [5, 5.41) is 13.8. The number of amides is 2. The zero-order valence-corrected chi connectivity index (χ0v) is 14.5. The quantitative estimate of drug-likeness (QED) is 0.477. The lowest BCUT2D eigenvalue weighted by atomic mass is 9.63. The van der Waals surface area contributed by atoms with Gasteiger partial charge in [-0.15, -0.1) is 0 Å². The molecule has 2 atom stereocenters. The summed E-state index contributed by atoms with van der Waals surface area (Å²) in [4.78, 5) is 38.6. The van der Waals surface area contributed by atoms with E-state index in [1.165, 1.54) is 6.07 Å². The van der Waals surface area contributed by atoms with Gasteiger partial charge in [-0.25, -0.2) is 0 Å². The molecule has 2 aromatic carbocycles. The van der Waals surface area contributed by atoms with Crippen molar-refractivity contribution in [2.45, 2.75) is 30.7 Å². The van der Waals surface area contributed by atoms with Crippen molar-refractivity contribution in [2.24, 2.45) is 0 Å². The molecule has 1 saturated heterocycles. The normalized spacial score (nSPS) is 25.6. The van der Waals surface area contributed by atoms with Crippen LogP contribution in [0.25, 0.3) is 0 Å². The van der Waals surface area contributed by atoms with Crippen molar-refractivity contribution in [2.75, 3.05) is 11.4 Å². The third kappa shape index (κ3) is 2.02. The van der Waals surface area contributed by atoms with Crippen LogP contribution in [0, 0.1) is 10.1 Å². The largest absolute Gasteiger partial charge is 0.367 e. The van der Waals surface area contributed by atoms with Crippen LogP contribution in [0.4, 0.5) is 11.4 Å². The van der Waals surface area contributed by atoms with Crippen LogP contribution in [0.3, 0.4) is 0 Å². The summed E-state index contributed by atoms with van der Waals surface area (Å²) in [6, 6.07) is 12.0. The Labute approximate surface area is 155 Å². The van der Waals surface area contributed by atoms with Gasteiger partial charge in [0.1, 0.15) is 0 Å². The maximum atomic E-state index is 13.2. The molecular formula is C20H17N3O4. The van der Waals surface area contributed by atoms with Crippen LogP contribution in [0.2, 0.25) is 0 Å². The number of rotatable bonds is 1. The summed E-state index contributed by atoms with van der Waals surface area (Å²) in [6.45, 7) is 0.792. The summed E-state index contributed by atoms with van der Waals surface area (Å²) in [5.41, 5.74) is 2.08. The van der Waals surface area contributed by atoms with E-state index in [1.807, 2.05) is 12.1 Å². The third-order valence-corrected chi connectivity index (χ3v) is 6.16. The number of imide groups is 1. The Morgan fingerprint density at radius 3 is 2.81 bits per heavy atom. The van der Waals surface area contributed by atoms with Crippen molar-refractivity contribution in [3.05, 3.63) is 69.3 Å². The summed E-state index contributed by atoms with van der Waals surface area (Å²) >= 11 is 0. The summed E-state index contributed by atoms with van der Waals surface area (Å²) in [6.07, 6.45) is 2.12. The standard InChI is InChI=1S/C20H17N3O4/c24-18-14-4-1-2-5-15(14)20(19(25)21-18)11-12-10-13(23(26)27)7-8-16(12)22-9-3-6-17(20)22/h1-2,4-5,7-8,10,17H,3,6,9,11H2,(H,21,24,25)/t17-,20?/m1/s1. The van der Waals surface area contributed by atoms with Crippen LogP contribution >= 0.6 is 0 Å². The maximum Gasteiger partial charge on any atom is 0.269 e. The van der Waals surface area contributed by atoms with Gasteiger partial charge < -0.3 is 4.90 Å². The summed E-state index contributed by atoms with van der Waals surface area (Å²) < 4.78 is 0. The molecule has 2 amide bonds. The maximum absolute atomic E-state index is 13.2. The Bertz CT molecular complexity index is 1020. The Morgan fingerprint density at radius 1 is 1.19 bits per heavy atom. The van der Waals surface area contributed by atoms with Gasteiger partial charge in [-0.1, -0.05) is 18.2 Å². The second kappa shape index (κ2) is 5.39. The van der Waals surface area contributed by atoms with Crippen LogP contribution < -0.4 is 10.2 Å². The highest BCUT2D eigenvalue weighted by Gasteiger charge is 2.57. The molecule has 136 valence electrons. The van der Waals surface area contributed by atoms with Gasteiger partial charge in [0, 0.05) is 36.0 Å². The molecule has 1 N–H and O–H groups in total. The minimum Gasteiger partial charge on any atom is -0.367 e. The molecule has 1 fully saturated rings. The molecule has 3 heterocycles. The minimum absolute atomic E-state index is 0.0159. The van der Waals surface area contributed by atoms with Crippen LogP contribution in [0.15, 0.2) is 42.5 Å². The van der Waals surface area contributed by atoms with Crippen LogP contribution in [-0.4, -0.2) is 29.3 Å². The number of fused-ring (bicyclic) bond motifs is 6. The molecule has 0 radical (unpaired) electrons. The third-order valence-electron chi connectivity index (χ3n) is 6.16. The molecular weight excluding hydrogens is 346 g/mol. The van der Waals surface area contributed by atoms with E-state index < -0.39 is 10.3 Å². The number of nitrogens with zero attached hydrogens (tertiary/aromatic N) is 2. The van der Waals surface area contributed by atoms with Gasteiger partial charge in [-0.2, -0.15) is 0 Å². The Hall–Kier alpha value is -3.22. The van der Waals surface area contributed by atoms with Crippen LogP contribution in [-0.2, 0) is 16.6 Å². The van der Waals surface area contributed by atoms with Gasteiger partial charge in [-0.05, 0) is 42.5 Å². The number of nitrogens with one attached hydrogen (secondary N) is 1. The second-order valence-electron chi connectivity index (χ2n) is 7.40. The number of anilines is 1. The fourth-order valence-electron chi connectivity index (χ4n) is 5.07. The highest BCUT2D eigenvalue weighted by molar-refractivity contribution is 6.14. The number of non-ortho nitro benzene ring substituents is 1. The number of hydrogen-bond acceptors (Lipinski definition) is 5. The topological polar surface area (TPSA) is 92.5 Å². The highest BCUT2D eigenvalue weighted by Crippen LogP contribution is 2.50. The van der Waals surface area contributed by atoms with Crippen molar-refractivity contribution in [1.29, 1.82) is 0 Å². The van der Waals surface area contributed by atoms with E-state index in [9.17, 15) is 19.7 Å². The van der Waals surface area contributed by atoms with Gasteiger partial charge in [0.15, 0.2) is 0 Å². The number of nitro groups is 1. The van der Waals surface area contributed by atoms with Gasteiger partial charge in [0.05, 0.1) is 10.3 Å². The number of nitro benzene ring substituents is 1.